The van der Waals surface area contributed by atoms with Gasteiger partial charge in [-0.25, -0.2) is 8.42 Å². The highest BCUT2D eigenvalue weighted by atomic mass is 32.2. The van der Waals surface area contributed by atoms with E-state index in [9.17, 15) is 8.42 Å². The molecule has 5 heteroatoms. The van der Waals surface area contributed by atoms with Crippen LogP contribution in [-0.2, 0) is 9.84 Å². The topological polar surface area (TPSA) is 49.4 Å². The van der Waals surface area contributed by atoms with Crippen molar-refractivity contribution in [2.75, 3.05) is 31.1 Å². The van der Waals surface area contributed by atoms with Gasteiger partial charge in [-0.15, -0.1) is 0 Å². The molecule has 0 spiro atoms. The molecule has 0 radical (unpaired) electrons. The van der Waals surface area contributed by atoms with E-state index in [2.05, 4.69) is 24.1 Å². The van der Waals surface area contributed by atoms with Gasteiger partial charge in [-0.1, -0.05) is 0 Å². The summed E-state index contributed by atoms with van der Waals surface area (Å²) in [4.78, 5) is 2.44. The molecular weight excluding hydrogens is 224 g/mol. The molecule has 2 saturated heterocycles. The van der Waals surface area contributed by atoms with E-state index in [1.54, 1.807) is 0 Å². The van der Waals surface area contributed by atoms with Gasteiger partial charge in [0.1, 0.15) is 0 Å². The lowest BCUT2D eigenvalue weighted by Crippen LogP contribution is -2.55. The number of hydrogen-bond acceptors (Lipinski definition) is 4. The van der Waals surface area contributed by atoms with Crippen molar-refractivity contribution in [3.05, 3.63) is 0 Å². The maximum absolute atomic E-state index is 11.4. The highest BCUT2D eigenvalue weighted by molar-refractivity contribution is 7.91. The van der Waals surface area contributed by atoms with E-state index in [0.29, 0.717) is 29.5 Å². The van der Waals surface area contributed by atoms with Crippen LogP contribution in [0.25, 0.3) is 0 Å². The van der Waals surface area contributed by atoms with Crippen LogP contribution in [0.4, 0.5) is 0 Å². The number of piperazine rings is 1. The van der Waals surface area contributed by atoms with Crippen molar-refractivity contribution in [1.29, 1.82) is 0 Å². The van der Waals surface area contributed by atoms with Gasteiger partial charge in [0.2, 0.25) is 0 Å². The van der Waals surface area contributed by atoms with Crippen molar-refractivity contribution in [3.63, 3.8) is 0 Å². The fourth-order valence-electron chi connectivity index (χ4n) is 2.70. The summed E-state index contributed by atoms with van der Waals surface area (Å²) in [5.74, 6) is 1.16. The van der Waals surface area contributed by atoms with Gasteiger partial charge in [0.25, 0.3) is 0 Å². The first-order valence-corrected chi connectivity index (χ1v) is 7.96. The van der Waals surface area contributed by atoms with Crippen LogP contribution in [0.5, 0.6) is 0 Å². The van der Waals surface area contributed by atoms with E-state index in [1.165, 1.54) is 0 Å². The van der Waals surface area contributed by atoms with Crippen LogP contribution >= 0.6 is 0 Å². The first-order valence-electron chi connectivity index (χ1n) is 6.14. The molecule has 94 valence electrons. The molecule has 2 fully saturated rings. The summed E-state index contributed by atoms with van der Waals surface area (Å²) in [5.41, 5.74) is 0. The van der Waals surface area contributed by atoms with Crippen molar-refractivity contribution in [3.8, 4) is 0 Å². The van der Waals surface area contributed by atoms with Crippen LogP contribution in [-0.4, -0.2) is 56.5 Å². The minimum absolute atomic E-state index is 0.359. The third-order valence-electron chi connectivity index (χ3n) is 3.71. The second-order valence-corrected chi connectivity index (χ2v) is 7.61. The maximum atomic E-state index is 11.4. The average Bonchev–Trinajstić information content (AvgIpc) is 2.52. The van der Waals surface area contributed by atoms with Crippen molar-refractivity contribution >= 4 is 9.84 Å². The fourth-order valence-corrected chi connectivity index (χ4v) is 4.55. The zero-order chi connectivity index (χ0) is 11.8. The van der Waals surface area contributed by atoms with Gasteiger partial charge in [0.05, 0.1) is 11.5 Å². The fraction of sp³-hybridized carbons (Fsp3) is 1.00. The highest BCUT2D eigenvalue weighted by Gasteiger charge is 2.31. The van der Waals surface area contributed by atoms with E-state index in [4.69, 9.17) is 0 Å². The summed E-state index contributed by atoms with van der Waals surface area (Å²) in [6.45, 7) is 7.40. The number of nitrogens with zero attached hydrogens (tertiary/aromatic N) is 1. The first kappa shape index (κ1) is 12.3. The van der Waals surface area contributed by atoms with E-state index in [0.717, 1.165) is 26.1 Å². The van der Waals surface area contributed by atoms with Crippen molar-refractivity contribution in [2.45, 2.75) is 32.4 Å². The largest absolute Gasteiger partial charge is 0.311 e. The molecule has 0 aliphatic carbocycles. The Kier molecular flexibility index (Phi) is 3.56. The predicted octanol–water partition coefficient (Wildman–Crippen LogP) is 0.103. The van der Waals surface area contributed by atoms with Crippen molar-refractivity contribution in [1.82, 2.24) is 10.2 Å². The monoisotopic (exact) mass is 246 g/mol. The van der Waals surface area contributed by atoms with Gasteiger partial charge in [-0.05, 0) is 26.2 Å². The van der Waals surface area contributed by atoms with Crippen LogP contribution in [0.2, 0.25) is 0 Å². The Hall–Kier alpha value is -0.130. The van der Waals surface area contributed by atoms with Gasteiger partial charge in [-0.3, -0.25) is 4.90 Å². The SMILES string of the molecule is CC1CN(CC2CCS(=O)(=O)C2)C(C)CN1. The van der Waals surface area contributed by atoms with Crippen LogP contribution in [0.15, 0.2) is 0 Å². The molecule has 2 heterocycles. The Morgan fingerprint density at radius 2 is 2.12 bits per heavy atom. The van der Waals surface area contributed by atoms with Crippen molar-refractivity contribution < 1.29 is 8.42 Å². The van der Waals surface area contributed by atoms with Gasteiger partial charge in [0, 0.05) is 31.7 Å². The molecule has 0 aromatic carbocycles. The Labute approximate surface area is 98.3 Å². The molecule has 2 aliphatic rings. The summed E-state index contributed by atoms with van der Waals surface area (Å²) in [7, 11) is -2.72. The Morgan fingerprint density at radius 3 is 2.75 bits per heavy atom. The van der Waals surface area contributed by atoms with Gasteiger partial charge >= 0.3 is 0 Å². The lowest BCUT2D eigenvalue weighted by atomic mass is 10.1. The number of nitrogens with one attached hydrogen (secondary N) is 1. The predicted molar refractivity (Wildman–Crippen MR) is 65.3 cm³/mol. The van der Waals surface area contributed by atoms with Crippen LogP contribution in [0.3, 0.4) is 0 Å². The smallest absolute Gasteiger partial charge is 0.150 e. The number of rotatable bonds is 2. The third kappa shape index (κ3) is 2.96. The summed E-state index contributed by atoms with van der Waals surface area (Å²) in [6.07, 6.45) is 0.855. The molecule has 0 saturated carbocycles. The number of sulfone groups is 1. The molecule has 16 heavy (non-hydrogen) atoms. The highest BCUT2D eigenvalue weighted by Crippen LogP contribution is 2.21. The minimum atomic E-state index is -2.72. The summed E-state index contributed by atoms with van der Waals surface area (Å²) >= 11 is 0. The van der Waals surface area contributed by atoms with Gasteiger partial charge < -0.3 is 5.32 Å². The Morgan fingerprint density at radius 1 is 1.38 bits per heavy atom. The zero-order valence-electron chi connectivity index (χ0n) is 10.1. The third-order valence-corrected chi connectivity index (χ3v) is 5.55. The molecule has 0 bridgehead atoms. The second-order valence-electron chi connectivity index (χ2n) is 5.38. The minimum Gasteiger partial charge on any atom is -0.311 e. The average molecular weight is 246 g/mol. The second kappa shape index (κ2) is 4.63. The molecule has 0 aromatic heterocycles. The van der Waals surface area contributed by atoms with E-state index >= 15 is 0 Å². The molecular formula is C11H22N2O2S. The van der Waals surface area contributed by atoms with Gasteiger partial charge in [-0.2, -0.15) is 0 Å². The quantitative estimate of drug-likeness (QED) is 0.751. The molecule has 0 aromatic rings. The lowest BCUT2D eigenvalue weighted by molar-refractivity contribution is 0.129. The number of hydrogen-bond donors (Lipinski definition) is 1. The molecule has 1 N–H and O–H groups in total. The van der Waals surface area contributed by atoms with Crippen molar-refractivity contribution in [2.24, 2.45) is 5.92 Å². The molecule has 0 amide bonds. The summed E-state index contributed by atoms with van der Waals surface area (Å²) < 4.78 is 22.8. The summed E-state index contributed by atoms with van der Waals surface area (Å²) in [6, 6.07) is 1.05. The van der Waals surface area contributed by atoms with Gasteiger partial charge in [0.15, 0.2) is 9.84 Å². The van der Waals surface area contributed by atoms with E-state index in [-0.39, 0.29) is 0 Å². The van der Waals surface area contributed by atoms with E-state index in [1.807, 2.05) is 0 Å². The molecule has 2 rings (SSSR count). The first-order chi connectivity index (χ1) is 7.46. The van der Waals surface area contributed by atoms with Crippen LogP contribution in [0, 0.1) is 5.92 Å². The Bertz CT molecular complexity index is 342. The standard InChI is InChI=1S/C11H22N2O2S/c1-9-6-13(10(2)5-12-9)7-11-3-4-16(14,15)8-11/h9-12H,3-8H2,1-2H3. The van der Waals surface area contributed by atoms with Crippen LogP contribution < -0.4 is 5.32 Å². The summed E-state index contributed by atoms with van der Waals surface area (Å²) in [5, 5.41) is 3.44. The lowest BCUT2D eigenvalue weighted by Gasteiger charge is -2.38. The Balaban J connectivity index is 1.89. The zero-order valence-corrected chi connectivity index (χ0v) is 11.0. The normalized spacial score (nSPS) is 40.0. The molecule has 3 unspecified atom stereocenters. The van der Waals surface area contributed by atoms with Crippen LogP contribution in [0.1, 0.15) is 20.3 Å². The molecule has 2 aliphatic heterocycles. The maximum Gasteiger partial charge on any atom is 0.150 e. The molecule has 4 nitrogen and oxygen atoms in total. The van der Waals surface area contributed by atoms with E-state index < -0.39 is 9.84 Å². The molecule has 3 atom stereocenters.